The zero-order chi connectivity index (χ0) is 15.0. The van der Waals surface area contributed by atoms with Gasteiger partial charge in [0.2, 0.25) is 0 Å². The van der Waals surface area contributed by atoms with Gasteiger partial charge in [-0.3, -0.25) is 4.72 Å². The van der Waals surface area contributed by atoms with Gasteiger partial charge in [0, 0.05) is 6.42 Å². The fourth-order valence-corrected chi connectivity index (χ4v) is 3.64. The molecular formula is C14H11Cl2NO3S. The first-order valence-corrected chi connectivity index (χ1v) is 8.44. The Morgan fingerprint density at radius 1 is 1.14 bits per heavy atom. The second-order valence-electron chi connectivity index (χ2n) is 4.57. The summed E-state index contributed by atoms with van der Waals surface area (Å²) in [6.07, 6.45) is 0.705. The van der Waals surface area contributed by atoms with Crippen molar-refractivity contribution in [1.29, 1.82) is 0 Å². The number of hydrogen-bond acceptors (Lipinski definition) is 3. The van der Waals surface area contributed by atoms with Crippen molar-refractivity contribution in [2.24, 2.45) is 0 Å². The van der Waals surface area contributed by atoms with E-state index >= 15 is 0 Å². The van der Waals surface area contributed by atoms with Crippen LogP contribution in [0.3, 0.4) is 0 Å². The zero-order valence-corrected chi connectivity index (χ0v) is 13.1. The van der Waals surface area contributed by atoms with Crippen LogP contribution in [0, 0.1) is 0 Å². The van der Waals surface area contributed by atoms with Crippen molar-refractivity contribution >= 4 is 38.9 Å². The molecule has 0 saturated heterocycles. The molecular weight excluding hydrogens is 333 g/mol. The van der Waals surface area contributed by atoms with Crippen LogP contribution in [0.5, 0.6) is 5.75 Å². The summed E-state index contributed by atoms with van der Waals surface area (Å²) in [5.74, 6) is 0.731. The van der Waals surface area contributed by atoms with Gasteiger partial charge in [0.25, 0.3) is 10.0 Å². The minimum Gasteiger partial charge on any atom is -0.493 e. The lowest BCUT2D eigenvalue weighted by Crippen LogP contribution is -2.13. The summed E-state index contributed by atoms with van der Waals surface area (Å²) in [6, 6.07) is 9.56. The van der Waals surface area contributed by atoms with E-state index in [1.807, 2.05) is 0 Å². The second-order valence-corrected chi connectivity index (χ2v) is 7.04. The molecule has 3 rings (SSSR count). The Bertz CT molecular complexity index is 806. The highest BCUT2D eigenvalue weighted by Crippen LogP contribution is 2.32. The molecule has 0 bridgehead atoms. The third-order valence-electron chi connectivity index (χ3n) is 3.17. The summed E-state index contributed by atoms with van der Waals surface area (Å²) < 4.78 is 32.6. The first-order valence-electron chi connectivity index (χ1n) is 6.20. The van der Waals surface area contributed by atoms with Crippen LogP contribution >= 0.6 is 23.2 Å². The van der Waals surface area contributed by atoms with Gasteiger partial charge < -0.3 is 4.74 Å². The number of sulfonamides is 1. The highest BCUT2D eigenvalue weighted by molar-refractivity contribution is 7.92. The van der Waals surface area contributed by atoms with Gasteiger partial charge in [-0.1, -0.05) is 29.3 Å². The largest absolute Gasteiger partial charge is 0.493 e. The Labute approximate surface area is 132 Å². The number of anilines is 1. The first-order chi connectivity index (χ1) is 9.97. The van der Waals surface area contributed by atoms with Crippen LogP contribution < -0.4 is 9.46 Å². The van der Waals surface area contributed by atoms with Gasteiger partial charge in [0.1, 0.15) is 5.75 Å². The lowest BCUT2D eigenvalue weighted by Gasteiger charge is -2.11. The number of benzene rings is 2. The van der Waals surface area contributed by atoms with Crippen LogP contribution in [-0.4, -0.2) is 15.0 Å². The van der Waals surface area contributed by atoms with Gasteiger partial charge in [-0.25, -0.2) is 8.42 Å². The Morgan fingerprint density at radius 3 is 2.76 bits per heavy atom. The van der Waals surface area contributed by atoms with Crippen LogP contribution in [-0.2, 0) is 16.4 Å². The molecule has 0 atom stereocenters. The monoisotopic (exact) mass is 343 g/mol. The maximum absolute atomic E-state index is 12.4. The average molecular weight is 344 g/mol. The molecule has 2 aromatic rings. The van der Waals surface area contributed by atoms with Crippen molar-refractivity contribution in [3.63, 3.8) is 0 Å². The van der Waals surface area contributed by atoms with Crippen molar-refractivity contribution in [3.8, 4) is 5.75 Å². The van der Waals surface area contributed by atoms with Gasteiger partial charge in [-0.05, 0) is 35.9 Å². The molecule has 0 aromatic heterocycles. The standard InChI is InChI=1S/C14H11Cl2NO3S/c15-11-2-1-3-12(14(11)16)17-21(18,19)10-4-5-13-9(8-10)6-7-20-13/h1-5,8,17H,6-7H2. The quantitative estimate of drug-likeness (QED) is 0.923. The Morgan fingerprint density at radius 2 is 1.95 bits per heavy atom. The van der Waals surface area contributed by atoms with Crippen LogP contribution in [0.2, 0.25) is 10.0 Å². The van der Waals surface area contributed by atoms with Crippen LogP contribution in [0.4, 0.5) is 5.69 Å². The topological polar surface area (TPSA) is 55.4 Å². The third-order valence-corrected chi connectivity index (χ3v) is 5.35. The molecule has 21 heavy (non-hydrogen) atoms. The first kappa shape index (κ1) is 14.5. The Hall–Kier alpha value is -1.43. The van der Waals surface area contributed by atoms with Gasteiger partial charge in [0.05, 0.1) is 27.2 Å². The summed E-state index contributed by atoms with van der Waals surface area (Å²) in [7, 11) is -3.72. The molecule has 0 unspecified atom stereocenters. The summed E-state index contributed by atoms with van der Waals surface area (Å²) in [6.45, 7) is 0.576. The van der Waals surface area contributed by atoms with Crippen LogP contribution in [0.1, 0.15) is 5.56 Å². The lowest BCUT2D eigenvalue weighted by atomic mass is 10.2. The van der Waals surface area contributed by atoms with E-state index in [1.165, 1.54) is 6.07 Å². The van der Waals surface area contributed by atoms with Gasteiger partial charge in [-0.15, -0.1) is 0 Å². The number of halogens is 2. The summed E-state index contributed by atoms with van der Waals surface area (Å²) in [5.41, 5.74) is 1.14. The van der Waals surface area contributed by atoms with Crippen molar-refractivity contribution < 1.29 is 13.2 Å². The maximum atomic E-state index is 12.4. The van der Waals surface area contributed by atoms with Crippen molar-refractivity contribution in [3.05, 3.63) is 52.0 Å². The predicted octanol–water partition coefficient (Wildman–Crippen LogP) is 3.73. The molecule has 0 saturated carbocycles. The SMILES string of the molecule is O=S(=O)(Nc1cccc(Cl)c1Cl)c1ccc2c(c1)CCO2. The minimum absolute atomic E-state index is 0.169. The number of nitrogens with one attached hydrogen (secondary N) is 1. The third kappa shape index (κ3) is 2.81. The number of hydrogen-bond donors (Lipinski definition) is 1. The summed E-state index contributed by atoms with van der Waals surface area (Å²) in [4.78, 5) is 0.169. The van der Waals surface area contributed by atoms with E-state index in [1.54, 1.807) is 30.3 Å². The summed E-state index contributed by atoms with van der Waals surface area (Å²) >= 11 is 11.9. The van der Waals surface area contributed by atoms with E-state index in [9.17, 15) is 8.42 Å². The highest BCUT2D eigenvalue weighted by Gasteiger charge is 2.20. The predicted molar refractivity (Wildman–Crippen MR) is 82.9 cm³/mol. The molecule has 1 heterocycles. The van der Waals surface area contributed by atoms with Crippen molar-refractivity contribution in [2.45, 2.75) is 11.3 Å². The maximum Gasteiger partial charge on any atom is 0.261 e. The van der Waals surface area contributed by atoms with E-state index in [0.29, 0.717) is 18.1 Å². The molecule has 0 spiro atoms. The molecule has 4 nitrogen and oxygen atoms in total. The minimum atomic E-state index is -3.72. The smallest absolute Gasteiger partial charge is 0.261 e. The van der Waals surface area contributed by atoms with E-state index in [0.717, 1.165) is 11.3 Å². The Balaban J connectivity index is 1.96. The van der Waals surface area contributed by atoms with Gasteiger partial charge in [0.15, 0.2) is 0 Å². The van der Waals surface area contributed by atoms with Crippen molar-refractivity contribution in [1.82, 2.24) is 0 Å². The lowest BCUT2D eigenvalue weighted by molar-refractivity contribution is 0.356. The van der Waals surface area contributed by atoms with E-state index in [-0.39, 0.29) is 15.6 Å². The molecule has 0 aliphatic carbocycles. The number of fused-ring (bicyclic) bond motifs is 1. The molecule has 0 amide bonds. The van der Waals surface area contributed by atoms with Gasteiger partial charge >= 0.3 is 0 Å². The fraction of sp³-hybridized carbons (Fsp3) is 0.143. The molecule has 7 heteroatoms. The zero-order valence-electron chi connectivity index (χ0n) is 10.8. The average Bonchev–Trinajstić information content (AvgIpc) is 2.91. The van der Waals surface area contributed by atoms with Gasteiger partial charge in [-0.2, -0.15) is 0 Å². The molecule has 1 N–H and O–H groups in total. The number of ether oxygens (including phenoxy) is 1. The van der Waals surface area contributed by atoms with E-state index in [2.05, 4.69) is 4.72 Å². The normalized spacial score (nSPS) is 13.6. The molecule has 1 aliphatic rings. The molecule has 0 radical (unpaired) electrons. The molecule has 110 valence electrons. The number of rotatable bonds is 3. The van der Waals surface area contributed by atoms with E-state index in [4.69, 9.17) is 27.9 Å². The van der Waals surface area contributed by atoms with Crippen molar-refractivity contribution in [2.75, 3.05) is 11.3 Å². The van der Waals surface area contributed by atoms with E-state index < -0.39 is 10.0 Å². The summed E-state index contributed by atoms with van der Waals surface area (Å²) in [5, 5.41) is 0.464. The second kappa shape index (κ2) is 5.40. The van der Waals surface area contributed by atoms with Crippen LogP contribution in [0.25, 0.3) is 0 Å². The fourth-order valence-electron chi connectivity index (χ4n) is 2.12. The van der Waals surface area contributed by atoms with Crippen LogP contribution in [0.15, 0.2) is 41.3 Å². The Kier molecular flexibility index (Phi) is 3.73. The molecule has 1 aliphatic heterocycles. The highest BCUT2D eigenvalue weighted by atomic mass is 35.5. The molecule has 0 fully saturated rings. The molecule has 2 aromatic carbocycles.